The van der Waals surface area contributed by atoms with Crippen molar-refractivity contribution < 1.29 is 9.59 Å². The van der Waals surface area contributed by atoms with Crippen LogP contribution in [0.25, 0.3) is 0 Å². The van der Waals surface area contributed by atoms with E-state index in [0.29, 0.717) is 12.5 Å². The maximum absolute atomic E-state index is 12.4. The van der Waals surface area contributed by atoms with Gasteiger partial charge in [0.2, 0.25) is 11.8 Å². The summed E-state index contributed by atoms with van der Waals surface area (Å²) in [4.78, 5) is 25.5. The lowest BCUT2D eigenvalue weighted by Crippen LogP contribution is -2.54. The number of nitrogens with zero attached hydrogens (tertiary/aromatic N) is 1. The summed E-state index contributed by atoms with van der Waals surface area (Å²) in [6.07, 6.45) is 3.06. The van der Waals surface area contributed by atoms with E-state index < -0.39 is 0 Å². The van der Waals surface area contributed by atoms with Crippen molar-refractivity contribution in [3.8, 4) is 0 Å². The molecule has 0 aromatic heterocycles. The fraction of sp³-hybridized carbons (Fsp3) is 0.846. The second kappa shape index (κ2) is 7.36. The Bertz CT molecular complexity index is 294. The molecule has 0 aliphatic carbocycles. The lowest BCUT2D eigenvalue weighted by molar-refractivity contribution is -0.139. The molecule has 1 aliphatic rings. The molecule has 0 aromatic rings. The van der Waals surface area contributed by atoms with E-state index in [9.17, 15) is 9.59 Å². The first-order chi connectivity index (χ1) is 8.60. The molecule has 1 aliphatic heterocycles. The van der Waals surface area contributed by atoms with E-state index in [1.807, 2.05) is 6.92 Å². The molecule has 2 N–H and O–H groups in total. The van der Waals surface area contributed by atoms with E-state index in [1.54, 1.807) is 11.9 Å². The minimum Gasteiger partial charge on any atom is -0.358 e. The van der Waals surface area contributed by atoms with Gasteiger partial charge in [-0.05, 0) is 31.7 Å². The van der Waals surface area contributed by atoms with Gasteiger partial charge in [-0.1, -0.05) is 13.8 Å². The Morgan fingerprint density at radius 3 is 2.72 bits per heavy atom. The molecule has 0 spiro atoms. The second-order valence-electron chi connectivity index (χ2n) is 4.98. The SMILES string of the molecule is CCCN(CC(=O)NC)C(=O)C1NCCCC1C. The summed E-state index contributed by atoms with van der Waals surface area (Å²) >= 11 is 0. The van der Waals surface area contributed by atoms with Crippen molar-refractivity contribution in [3.63, 3.8) is 0 Å². The Morgan fingerprint density at radius 2 is 2.17 bits per heavy atom. The van der Waals surface area contributed by atoms with E-state index in [4.69, 9.17) is 0 Å². The molecule has 0 aromatic carbocycles. The maximum Gasteiger partial charge on any atom is 0.240 e. The summed E-state index contributed by atoms with van der Waals surface area (Å²) < 4.78 is 0. The molecule has 1 saturated heterocycles. The van der Waals surface area contributed by atoms with Crippen molar-refractivity contribution in [1.82, 2.24) is 15.5 Å². The van der Waals surface area contributed by atoms with Gasteiger partial charge in [0.15, 0.2) is 0 Å². The van der Waals surface area contributed by atoms with Gasteiger partial charge in [0.25, 0.3) is 0 Å². The highest BCUT2D eigenvalue weighted by Crippen LogP contribution is 2.17. The van der Waals surface area contributed by atoms with Crippen LogP contribution in [-0.2, 0) is 9.59 Å². The summed E-state index contributed by atoms with van der Waals surface area (Å²) in [6.45, 7) is 5.80. The van der Waals surface area contributed by atoms with Gasteiger partial charge in [-0.2, -0.15) is 0 Å². The van der Waals surface area contributed by atoms with Crippen LogP contribution >= 0.6 is 0 Å². The zero-order chi connectivity index (χ0) is 13.5. The smallest absolute Gasteiger partial charge is 0.240 e. The average Bonchev–Trinajstić information content (AvgIpc) is 2.38. The molecule has 5 heteroatoms. The molecule has 5 nitrogen and oxygen atoms in total. The van der Waals surface area contributed by atoms with Crippen LogP contribution in [0.15, 0.2) is 0 Å². The second-order valence-corrected chi connectivity index (χ2v) is 4.98. The summed E-state index contributed by atoms with van der Waals surface area (Å²) in [5.74, 6) is 0.295. The Balaban J connectivity index is 2.65. The number of piperidine rings is 1. The van der Waals surface area contributed by atoms with Crippen LogP contribution in [0, 0.1) is 5.92 Å². The predicted molar refractivity (Wildman–Crippen MR) is 71.1 cm³/mol. The quantitative estimate of drug-likeness (QED) is 0.745. The zero-order valence-electron chi connectivity index (χ0n) is 11.7. The third kappa shape index (κ3) is 3.98. The fourth-order valence-electron chi connectivity index (χ4n) is 2.37. The van der Waals surface area contributed by atoms with Crippen LogP contribution in [0.5, 0.6) is 0 Å². The van der Waals surface area contributed by atoms with Crippen molar-refractivity contribution in [2.45, 2.75) is 39.2 Å². The molecule has 1 heterocycles. The number of carbonyl (C=O) groups excluding carboxylic acids is 2. The Labute approximate surface area is 109 Å². The predicted octanol–water partition coefficient (Wildman–Crippen LogP) is 0.359. The van der Waals surface area contributed by atoms with Crippen LogP contribution in [0.4, 0.5) is 0 Å². The van der Waals surface area contributed by atoms with E-state index >= 15 is 0 Å². The minimum absolute atomic E-state index is 0.0626. The summed E-state index contributed by atoms with van der Waals surface area (Å²) in [5.41, 5.74) is 0. The van der Waals surface area contributed by atoms with Crippen molar-refractivity contribution in [3.05, 3.63) is 0 Å². The first-order valence-electron chi connectivity index (χ1n) is 6.82. The van der Waals surface area contributed by atoms with Crippen molar-refractivity contribution in [1.29, 1.82) is 0 Å². The number of carbonyl (C=O) groups is 2. The highest BCUT2D eigenvalue weighted by Gasteiger charge is 2.31. The Morgan fingerprint density at radius 1 is 1.44 bits per heavy atom. The van der Waals surface area contributed by atoms with Crippen molar-refractivity contribution in [2.75, 3.05) is 26.7 Å². The van der Waals surface area contributed by atoms with E-state index in [2.05, 4.69) is 17.6 Å². The standard InChI is InChI=1S/C13H25N3O2/c1-4-8-16(9-11(17)14-3)13(18)12-10(2)6-5-7-15-12/h10,12,15H,4-9H2,1-3H3,(H,14,17). The number of hydrogen-bond acceptors (Lipinski definition) is 3. The Hall–Kier alpha value is -1.10. The monoisotopic (exact) mass is 255 g/mol. The number of amides is 2. The minimum atomic E-state index is -0.130. The van der Waals surface area contributed by atoms with Gasteiger partial charge in [-0.25, -0.2) is 0 Å². The molecule has 0 saturated carbocycles. The topological polar surface area (TPSA) is 61.4 Å². The summed E-state index contributed by atoms with van der Waals surface area (Å²) in [5, 5.41) is 5.85. The van der Waals surface area contributed by atoms with E-state index in [1.165, 1.54) is 0 Å². The van der Waals surface area contributed by atoms with E-state index in [0.717, 1.165) is 25.8 Å². The van der Waals surface area contributed by atoms with Gasteiger partial charge in [-0.15, -0.1) is 0 Å². The molecule has 2 atom stereocenters. The lowest BCUT2D eigenvalue weighted by atomic mass is 9.91. The zero-order valence-corrected chi connectivity index (χ0v) is 11.7. The average molecular weight is 255 g/mol. The number of hydrogen-bond donors (Lipinski definition) is 2. The van der Waals surface area contributed by atoms with Gasteiger partial charge >= 0.3 is 0 Å². The number of nitrogens with one attached hydrogen (secondary N) is 2. The highest BCUT2D eigenvalue weighted by molar-refractivity contribution is 5.87. The van der Waals surface area contributed by atoms with Crippen LogP contribution in [0.3, 0.4) is 0 Å². The molecular weight excluding hydrogens is 230 g/mol. The van der Waals surface area contributed by atoms with Crippen LogP contribution in [0.2, 0.25) is 0 Å². The largest absolute Gasteiger partial charge is 0.358 e. The number of rotatable bonds is 5. The molecule has 2 amide bonds. The lowest BCUT2D eigenvalue weighted by Gasteiger charge is -2.33. The summed E-state index contributed by atoms with van der Waals surface area (Å²) in [7, 11) is 1.60. The number of likely N-dealkylation sites (N-methyl/N-ethyl adjacent to an activating group) is 1. The van der Waals surface area contributed by atoms with Gasteiger partial charge in [0, 0.05) is 13.6 Å². The molecule has 2 unspecified atom stereocenters. The molecule has 0 bridgehead atoms. The molecule has 104 valence electrons. The van der Waals surface area contributed by atoms with Crippen LogP contribution in [-0.4, -0.2) is 49.4 Å². The third-order valence-electron chi connectivity index (χ3n) is 3.45. The van der Waals surface area contributed by atoms with Crippen LogP contribution in [0.1, 0.15) is 33.1 Å². The highest BCUT2D eigenvalue weighted by atomic mass is 16.2. The molecule has 1 rings (SSSR count). The molecule has 18 heavy (non-hydrogen) atoms. The van der Waals surface area contributed by atoms with E-state index in [-0.39, 0.29) is 24.4 Å². The fourth-order valence-corrected chi connectivity index (χ4v) is 2.37. The maximum atomic E-state index is 12.4. The summed E-state index contributed by atoms with van der Waals surface area (Å²) in [6, 6.07) is -0.130. The van der Waals surface area contributed by atoms with Crippen molar-refractivity contribution >= 4 is 11.8 Å². The van der Waals surface area contributed by atoms with Gasteiger partial charge in [0.05, 0.1) is 12.6 Å². The van der Waals surface area contributed by atoms with Gasteiger partial charge < -0.3 is 15.5 Å². The van der Waals surface area contributed by atoms with Gasteiger partial charge in [0.1, 0.15) is 0 Å². The Kier molecular flexibility index (Phi) is 6.12. The first kappa shape index (κ1) is 15.0. The van der Waals surface area contributed by atoms with Gasteiger partial charge in [-0.3, -0.25) is 9.59 Å². The molecule has 0 radical (unpaired) electrons. The van der Waals surface area contributed by atoms with Crippen molar-refractivity contribution in [2.24, 2.45) is 5.92 Å². The first-order valence-corrected chi connectivity index (χ1v) is 6.82. The molecule has 1 fully saturated rings. The molecular formula is C13H25N3O2. The third-order valence-corrected chi connectivity index (χ3v) is 3.45. The van der Waals surface area contributed by atoms with Crippen LogP contribution < -0.4 is 10.6 Å². The normalized spacial score (nSPS) is 23.5.